The molecule has 2 rings (SSSR count). The Morgan fingerprint density at radius 3 is 2.53 bits per heavy atom. The molecule has 1 N–H and O–H groups in total. The molecular weight excluding hydrogens is 260 g/mol. The van der Waals surface area contributed by atoms with E-state index in [1.165, 1.54) is 16.9 Å². The van der Waals surface area contributed by atoms with Gasteiger partial charge in [-0.1, -0.05) is 24.3 Å². The lowest BCUT2D eigenvalue weighted by molar-refractivity contribution is 0.202. The molecule has 0 fully saturated rings. The van der Waals surface area contributed by atoms with Crippen LogP contribution in [0.15, 0.2) is 35.7 Å². The minimum atomic E-state index is -0.633. The summed E-state index contributed by atoms with van der Waals surface area (Å²) < 4.78 is 10.3. The number of ether oxygens (including phenoxy) is 2. The average molecular weight is 278 g/mol. The smallest absolute Gasteiger partial charge is 0.135 e. The number of methoxy groups -OCH3 is 2. The maximum absolute atomic E-state index is 10.4. The highest BCUT2D eigenvalue weighted by Crippen LogP contribution is 2.34. The van der Waals surface area contributed by atoms with E-state index < -0.39 is 6.10 Å². The Bertz CT molecular complexity index is 504. The molecule has 102 valence electrons. The normalized spacial score (nSPS) is 12.4. The third kappa shape index (κ3) is 3.35. The van der Waals surface area contributed by atoms with Crippen molar-refractivity contribution in [3.63, 3.8) is 0 Å². The van der Waals surface area contributed by atoms with Gasteiger partial charge in [0.05, 0.1) is 18.6 Å². The lowest BCUT2D eigenvalue weighted by atomic mass is 10.0. The molecule has 1 heterocycles. The third-order valence-corrected chi connectivity index (χ3v) is 3.97. The summed E-state index contributed by atoms with van der Waals surface area (Å²) in [5, 5.41) is 12.3. The first-order valence-electron chi connectivity index (χ1n) is 6.13. The summed E-state index contributed by atoms with van der Waals surface area (Å²) in [6.45, 7) is 0.709. The molecule has 4 heteroatoms. The standard InChI is InChI=1S/C15H18O3S/c1-17-9-7-11-3-5-12(6-4-11)14(16)15-13(18-2)8-10-19-15/h3-6,8,10,14,16H,7,9H2,1-2H3. The summed E-state index contributed by atoms with van der Waals surface area (Å²) in [7, 11) is 3.31. The quantitative estimate of drug-likeness (QED) is 0.882. The molecule has 3 nitrogen and oxygen atoms in total. The van der Waals surface area contributed by atoms with E-state index in [-0.39, 0.29) is 0 Å². The van der Waals surface area contributed by atoms with Crippen LogP contribution < -0.4 is 4.74 Å². The zero-order valence-electron chi connectivity index (χ0n) is 11.1. The Balaban J connectivity index is 2.13. The highest BCUT2D eigenvalue weighted by atomic mass is 32.1. The van der Waals surface area contributed by atoms with Crippen molar-refractivity contribution in [1.29, 1.82) is 0 Å². The van der Waals surface area contributed by atoms with E-state index in [0.29, 0.717) is 6.61 Å². The molecule has 0 aliphatic carbocycles. The molecule has 1 atom stereocenters. The Labute approximate surface area is 117 Å². The summed E-state index contributed by atoms with van der Waals surface area (Å²) in [4.78, 5) is 0.840. The minimum Gasteiger partial charge on any atom is -0.495 e. The van der Waals surface area contributed by atoms with Crippen molar-refractivity contribution in [2.75, 3.05) is 20.8 Å². The molecule has 0 saturated heterocycles. The maximum Gasteiger partial charge on any atom is 0.135 e. The predicted molar refractivity (Wildman–Crippen MR) is 77.0 cm³/mol. The highest BCUT2D eigenvalue weighted by Gasteiger charge is 2.16. The van der Waals surface area contributed by atoms with Gasteiger partial charge in [-0.2, -0.15) is 0 Å². The van der Waals surface area contributed by atoms with Gasteiger partial charge in [-0.3, -0.25) is 0 Å². The summed E-state index contributed by atoms with van der Waals surface area (Å²) in [5.74, 6) is 0.737. The molecule has 2 aromatic rings. The van der Waals surface area contributed by atoms with E-state index in [2.05, 4.69) is 0 Å². The van der Waals surface area contributed by atoms with E-state index in [1.807, 2.05) is 35.7 Å². The first-order valence-corrected chi connectivity index (χ1v) is 7.01. The van der Waals surface area contributed by atoms with Crippen LogP contribution in [0.4, 0.5) is 0 Å². The van der Waals surface area contributed by atoms with Crippen LogP contribution in [0.5, 0.6) is 5.75 Å². The van der Waals surface area contributed by atoms with Gasteiger partial charge in [0.25, 0.3) is 0 Å². The Hall–Kier alpha value is -1.36. The second-order valence-corrected chi connectivity index (χ2v) is 5.19. The first kappa shape index (κ1) is 14.1. The Morgan fingerprint density at radius 2 is 1.89 bits per heavy atom. The molecule has 0 radical (unpaired) electrons. The van der Waals surface area contributed by atoms with Gasteiger partial charge in [-0.15, -0.1) is 11.3 Å². The van der Waals surface area contributed by atoms with E-state index in [9.17, 15) is 5.11 Å². The van der Waals surface area contributed by atoms with Gasteiger partial charge in [0.15, 0.2) is 0 Å². The van der Waals surface area contributed by atoms with Crippen molar-refractivity contribution < 1.29 is 14.6 Å². The summed E-state index contributed by atoms with van der Waals surface area (Å²) in [6.07, 6.45) is 0.251. The van der Waals surface area contributed by atoms with E-state index in [4.69, 9.17) is 9.47 Å². The van der Waals surface area contributed by atoms with Gasteiger partial charge in [0, 0.05) is 7.11 Å². The van der Waals surface area contributed by atoms with Crippen molar-refractivity contribution >= 4 is 11.3 Å². The summed E-state index contributed by atoms with van der Waals surface area (Å²) in [6, 6.07) is 9.83. The lowest BCUT2D eigenvalue weighted by Crippen LogP contribution is -2.00. The molecule has 1 aromatic carbocycles. The van der Waals surface area contributed by atoms with Gasteiger partial charge in [0.2, 0.25) is 0 Å². The molecule has 0 spiro atoms. The van der Waals surface area contributed by atoms with Crippen molar-refractivity contribution in [2.45, 2.75) is 12.5 Å². The Morgan fingerprint density at radius 1 is 1.16 bits per heavy atom. The fraction of sp³-hybridized carbons (Fsp3) is 0.333. The fourth-order valence-corrected chi connectivity index (χ4v) is 2.79. The topological polar surface area (TPSA) is 38.7 Å². The first-order chi connectivity index (χ1) is 9.26. The van der Waals surface area contributed by atoms with Crippen LogP contribution in [0.3, 0.4) is 0 Å². The molecule has 19 heavy (non-hydrogen) atoms. The maximum atomic E-state index is 10.4. The second-order valence-electron chi connectivity index (χ2n) is 4.24. The zero-order chi connectivity index (χ0) is 13.7. The SMILES string of the molecule is COCCc1ccc(C(O)c2sccc2OC)cc1. The van der Waals surface area contributed by atoms with Crippen LogP contribution in [0, 0.1) is 0 Å². The highest BCUT2D eigenvalue weighted by molar-refractivity contribution is 7.10. The van der Waals surface area contributed by atoms with Gasteiger partial charge in [-0.25, -0.2) is 0 Å². The second kappa shape index (κ2) is 6.70. The van der Waals surface area contributed by atoms with E-state index in [1.54, 1.807) is 14.2 Å². The molecular formula is C15H18O3S. The van der Waals surface area contributed by atoms with Gasteiger partial charge in [0.1, 0.15) is 11.9 Å². The number of hydrogen-bond acceptors (Lipinski definition) is 4. The van der Waals surface area contributed by atoms with Gasteiger partial charge >= 0.3 is 0 Å². The molecule has 0 bridgehead atoms. The van der Waals surface area contributed by atoms with Crippen LogP contribution in [-0.2, 0) is 11.2 Å². The number of benzene rings is 1. The van der Waals surface area contributed by atoms with Crippen molar-refractivity contribution in [1.82, 2.24) is 0 Å². The van der Waals surface area contributed by atoms with Crippen LogP contribution >= 0.6 is 11.3 Å². The third-order valence-electron chi connectivity index (χ3n) is 3.02. The lowest BCUT2D eigenvalue weighted by Gasteiger charge is -2.12. The molecule has 1 aromatic heterocycles. The van der Waals surface area contributed by atoms with Crippen LogP contribution in [0.1, 0.15) is 22.1 Å². The molecule has 0 saturated carbocycles. The largest absolute Gasteiger partial charge is 0.495 e. The van der Waals surface area contributed by atoms with Crippen molar-refractivity contribution in [3.05, 3.63) is 51.7 Å². The summed E-state index contributed by atoms with van der Waals surface area (Å²) in [5.41, 5.74) is 2.08. The molecule has 1 unspecified atom stereocenters. The number of hydrogen-bond donors (Lipinski definition) is 1. The predicted octanol–water partition coefficient (Wildman–Crippen LogP) is 3.03. The fourth-order valence-electron chi connectivity index (χ4n) is 1.92. The number of aliphatic hydroxyl groups excluding tert-OH is 1. The monoisotopic (exact) mass is 278 g/mol. The van der Waals surface area contributed by atoms with Gasteiger partial charge in [-0.05, 0) is 29.0 Å². The zero-order valence-corrected chi connectivity index (χ0v) is 11.9. The number of rotatable bonds is 6. The van der Waals surface area contributed by atoms with Crippen molar-refractivity contribution in [3.8, 4) is 5.75 Å². The minimum absolute atomic E-state index is 0.633. The molecule has 0 aliphatic rings. The van der Waals surface area contributed by atoms with E-state index in [0.717, 1.165) is 22.6 Å². The Kier molecular flexibility index (Phi) is 4.96. The van der Waals surface area contributed by atoms with Crippen LogP contribution in [0.2, 0.25) is 0 Å². The molecule has 0 amide bonds. The van der Waals surface area contributed by atoms with Crippen LogP contribution in [0.25, 0.3) is 0 Å². The van der Waals surface area contributed by atoms with Crippen LogP contribution in [-0.4, -0.2) is 25.9 Å². The van der Waals surface area contributed by atoms with E-state index >= 15 is 0 Å². The molecule has 0 aliphatic heterocycles. The van der Waals surface area contributed by atoms with Gasteiger partial charge < -0.3 is 14.6 Å². The summed E-state index contributed by atoms with van der Waals surface area (Å²) >= 11 is 1.50. The average Bonchev–Trinajstić information content (AvgIpc) is 2.93. The number of thiophene rings is 1. The number of aliphatic hydroxyl groups is 1. The van der Waals surface area contributed by atoms with Crippen molar-refractivity contribution in [2.24, 2.45) is 0 Å².